The average Bonchev–Trinajstić information content (AvgIpc) is 2.16. The second kappa shape index (κ2) is 5.72. The molecule has 0 bridgehead atoms. The molecular weight excluding hydrogens is 174 g/mol. The number of piperidine rings is 1. The van der Waals surface area contributed by atoms with E-state index >= 15 is 0 Å². The van der Waals surface area contributed by atoms with Gasteiger partial charge in [0.2, 0.25) is 0 Å². The van der Waals surface area contributed by atoms with Gasteiger partial charge in [-0.05, 0) is 26.4 Å². The SMILES string of the molecule is CCCC.CN1CCCC2(COC2)C1. The van der Waals surface area contributed by atoms with Crippen LogP contribution in [-0.2, 0) is 4.74 Å². The van der Waals surface area contributed by atoms with Crippen LogP contribution in [0.25, 0.3) is 0 Å². The van der Waals surface area contributed by atoms with Gasteiger partial charge >= 0.3 is 0 Å². The zero-order chi connectivity index (χ0) is 10.4. The third-order valence-corrected chi connectivity index (χ3v) is 3.17. The van der Waals surface area contributed by atoms with Crippen LogP contribution in [0.2, 0.25) is 0 Å². The summed E-state index contributed by atoms with van der Waals surface area (Å²) in [7, 11) is 2.21. The molecule has 0 saturated carbocycles. The molecule has 2 aliphatic heterocycles. The minimum absolute atomic E-state index is 0.576. The molecule has 0 amide bonds. The van der Waals surface area contributed by atoms with Crippen molar-refractivity contribution in [2.75, 3.05) is 33.4 Å². The fourth-order valence-corrected chi connectivity index (χ4v) is 2.08. The van der Waals surface area contributed by atoms with Crippen LogP contribution < -0.4 is 0 Å². The summed E-state index contributed by atoms with van der Waals surface area (Å²) in [4.78, 5) is 2.42. The van der Waals surface area contributed by atoms with Gasteiger partial charge in [0.25, 0.3) is 0 Å². The van der Waals surface area contributed by atoms with Crippen LogP contribution in [-0.4, -0.2) is 38.3 Å². The van der Waals surface area contributed by atoms with E-state index in [2.05, 4.69) is 25.8 Å². The molecule has 0 radical (unpaired) electrons. The maximum atomic E-state index is 5.24. The number of nitrogens with zero attached hydrogens (tertiary/aromatic N) is 1. The van der Waals surface area contributed by atoms with Gasteiger partial charge in [-0.1, -0.05) is 26.7 Å². The second-order valence-electron chi connectivity index (χ2n) is 4.83. The van der Waals surface area contributed by atoms with Crippen molar-refractivity contribution in [3.8, 4) is 0 Å². The van der Waals surface area contributed by atoms with Gasteiger partial charge in [0.05, 0.1) is 13.2 Å². The van der Waals surface area contributed by atoms with Crippen LogP contribution >= 0.6 is 0 Å². The Hall–Kier alpha value is -0.0800. The van der Waals surface area contributed by atoms with Crippen LogP contribution in [0.15, 0.2) is 0 Å². The molecule has 84 valence electrons. The van der Waals surface area contributed by atoms with Gasteiger partial charge < -0.3 is 9.64 Å². The highest BCUT2D eigenvalue weighted by molar-refractivity contribution is 4.90. The summed E-state index contributed by atoms with van der Waals surface area (Å²) in [6.45, 7) is 8.92. The van der Waals surface area contributed by atoms with Gasteiger partial charge in [0.15, 0.2) is 0 Å². The first-order valence-corrected chi connectivity index (χ1v) is 5.99. The molecule has 2 heteroatoms. The van der Waals surface area contributed by atoms with E-state index < -0.39 is 0 Å². The van der Waals surface area contributed by atoms with Crippen molar-refractivity contribution < 1.29 is 4.74 Å². The fourth-order valence-electron chi connectivity index (χ4n) is 2.08. The first-order chi connectivity index (χ1) is 6.72. The molecule has 0 unspecified atom stereocenters. The highest BCUT2D eigenvalue weighted by Crippen LogP contribution is 2.36. The first-order valence-electron chi connectivity index (χ1n) is 5.99. The number of rotatable bonds is 1. The van der Waals surface area contributed by atoms with Crippen molar-refractivity contribution in [3.63, 3.8) is 0 Å². The number of unbranched alkanes of at least 4 members (excludes halogenated alkanes) is 1. The normalized spacial score (nSPS) is 25.1. The Kier molecular flexibility index (Phi) is 4.90. The van der Waals surface area contributed by atoms with Crippen molar-refractivity contribution in [3.05, 3.63) is 0 Å². The molecule has 2 heterocycles. The highest BCUT2D eigenvalue weighted by Gasteiger charge is 2.40. The Morgan fingerprint density at radius 1 is 1.21 bits per heavy atom. The van der Waals surface area contributed by atoms with Crippen LogP contribution in [0.4, 0.5) is 0 Å². The van der Waals surface area contributed by atoms with Crippen molar-refractivity contribution in [1.82, 2.24) is 4.90 Å². The Morgan fingerprint density at radius 2 is 1.86 bits per heavy atom. The zero-order valence-corrected chi connectivity index (χ0v) is 10.0. The fraction of sp³-hybridized carbons (Fsp3) is 1.00. The van der Waals surface area contributed by atoms with E-state index in [4.69, 9.17) is 4.74 Å². The maximum Gasteiger partial charge on any atom is 0.0557 e. The number of hydrogen-bond donors (Lipinski definition) is 0. The molecule has 0 atom stereocenters. The van der Waals surface area contributed by atoms with Gasteiger partial charge in [0.1, 0.15) is 0 Å². The molecule has 2 fully saturated rings. The summed E-state index contributed by atoms with van der Waals surface area (Å²) in [5.74, 6) is 0. The standard InChI is InChI=1S/C8H15NO.C4H10/c1-9-4-2-3-8(5-9)6-10-7-8;1-3-4-2/h2-7H2,1H3;3-4H2,1-2H3. The Labute approximate surface area is 88.6 Å². The van der Waals surface area contributed by atoms with Crippen LogP contribution in [0.3, 0.4) is 0 Å². The Balaban J connectivity index is 0.000000213. The molecule has 0 N–H and O–H groups in total. The summed E-state index contributed by atoms with van der Waals surface area (Å²) in [6.07, 6.45) is 5.39. The third kappa shape index (κ3) is 3.25. The van der Waals surface area contributed by atoms with Gasteiger partial charge in [-0.3, -0.25) is 0 Å². The van der Waals surface area contributed by atoms with E-state index in [9.17, 15) is 0 Å². The lowest BCUT2D eigenvalue weighted by Crippen LogP contribution is -2.53. The lowest BCUT2D eigenvalue weighted by atomic mass is 9.78. The van der Waals surface area contributed by atoms with E-state index in [0.717, 1.165) is 13.2 Å². The third-order valence-electron chi connectivity index (χ3n) is 3.17. The minimum atomic E-state index is 0.576. The van der Waals surface area contributed by atoms with Crippen molar-refractivity contribution in [2.24, 2.45) is 5.41 Å². The summed E-state index contributed by atoms with van der Waals surface area (Å²) < 4.78 is 5.24. The van der Waals surface area contributed by atoms with Gasteiger partial charge in [-0.15, -0.1) is 0 Å². The predicted octanol–water partition coefficient (Wildman–Crippen LogP) is 2.54. The van der Waals surface area contributed by atoms with Crippen molar-refractivity contribution in [1.29, 1.82) is 0 Å². The van der Waals surface area contributed by atoms with E-state index in [-0.39, 0.29) is 0 Å². The predicted molar refractivity (Wildman–Crippen MR) is 60.6 cm³/mol. The molecular formula is C12H25NO. The van der Waals surface area contributed by atoms with E-state index in [1.165, 1.54) is 38.8 Å². The maximum absolute atomic E-state index is 5.24. The summed E-state index contributed by atoms with van der Waals surface area (Å²) >= 11 is 0. The average molecular weight is 199 g/mol. The number of hydrogen-bond acceptors (Lipinski definition) is 2. The van der Waals surface area contributed by atoms with Gasteiger partial charge in [0, 0.05) is 12.0 Å². The molecule has 2 saturated heterocycles. The lowest BCUT2D eigenvalue weighted by molar-refractivity contribution is -0.140. The van der Waals surface area contributed by atoms with Crippen LogP contribution in [0.1, 0.15) is 39.5 Å². The van der Waals surface area contributed by atoms with Gasteiger partial charge in [-0.25, -0.2) is 0 Å². The molecule has 2 rings (SSSR count). The summed E-state index contributed by atoms with van der Waals surface area (Å²) in [6, 6.07) is 0. The number of ether oxygens (including phenoxy) is 1. The van der Waals surface area contributed by atoms with E-state index in [1.54, 1.807) is 0 Å². The zero-order valence-electron chi connectivity index (χ0n) is 10.0. The second-order valence-corrected chi connectivity index (χ2v) is 4.83. The quantitative estimate of drug-likeness (QED) is 0.643. The molecule has 2 nitrogen and oxygen atoms in total. The molecule has 0 aliphatic carbocycles. The lowest BCUT2D eigenvalue weighted by Gasteiger charge is -2.47. The first kappa shape index (κ1) is 12.0. The van der Waals surface area contributed by atoms with Gasteiger partial charge in [-0.2, -0.15) is 0 Å². The molecule has 1 spiro atoms. The highest BCUT2D eigenvalue weighted by atomic mass is 16.5. The van der Waals surface area contributed by atoms with Crippen LogP contribution in [0, 0.1) is 5.41 Å². The Bertz CT molecular complexity index is 152. The number of likely N-dealkylation sites (tertiary alicyclic amines) is 1. The summed E-state index contributed by atoms with van der Waals surface area (Å²) in [5, 5.41) is 0. The van der Waals surface area contributed by atoms with E-state index in [0.29, 0.717) is 5.41 Å². The Morgan fingerprint density at radius 3 is 2.14 bits per heavy atom. The monoisotopic (exact) mass is 199 g/mol. The minimum Gasteiger partial charge on any atom is -0.380 e. The summed E-state index contributed by atoms with van der Waals surface area (Å²) in [5.41, 5.74) is 0.576. The molecule has 0 aromatic carbocycles. The van der Waals surface area contributed by atoms with Crippen molar-refractivity contribution in [2.45, 2.75) is 39.5 Å². The molecule has 14 heavy (non-hydrogen) atoms. The molecule has 0 aromatic heterocycles. The molecule has 2 aliphatic rings. The molecule has 0 aromatic rings. The smallest absolute Gasteiger partial charge is 0.0557 e. The topological polar surface area (TPSA) is 12.5 Å². The van der Waals surface area contributed by atoms with Crippen LogP contribution in [0.5, 0.6) is 0 Å². The van der Waals surface area contributed by atoms with E-state index in [1.807, 2.05) is 0 Å². The van der Waals surface area contributed by atoms with Crippen molar-refractivity contribution >= 4 is 0 Å². The largest absolute Gasteiger partial charge is 0.380 e.